The molecule has 0 bridgehead atoms. The van der Waals surface area contributed by atoms with Gasteiger partial charge in [0.25, 0.3) is 5.91 Å². The Balaban J connectivity index is 1.87. The van der Waals surface area contributed by atoms with Crippen molar-refractivity contribution in [1.29, 1.82) is 0 Å². The number of carbonyl (C=O) groups excluding carboxylic acids is 1. The summed E-state index contributed by atoms with van der Waals surface area (Å²) in [5.41, 5.74) is 0.929. The summed E-state index contributed by atoms with van der Waals surface area (Å²) in [6.07, 6.45) is 5.15. The number of hydrogen-bond donors (Lipinski definition) is 1. The maximum atomic E-state index is 12.6. The zero-order valence-corrected chi connectivity index (χ0v) is 18.0. The third kappa shape index (κ3) is 7.28. The van der Waals surface area contributed by atoms with Gasteiger partial charge >= 0.3 is 5.97 Å². The van der Waals surface area contributed by atoms with E-state index in [1.165, 1.54) is 11.8 Å². The third-order valence-corrected chi connectivity index (χ3v) is 5.67. The van der Waals surface area contributed by atoms with Crippen LogP contribution in [-0.4, -0.2) is 39.4 Å². The molecule has 28 heavy (non-hydrogen) atoms. The monoisotopic (exact) mass is 421 g/mol. The highest BCUT2D eigenvalue weighted by atomic mass is 32.2. The lowest BCUT2D eigenvalue weighted by Crippen LogP contribution is -2.29. The minimum Gasteiger partial charge on any atom is -0.494 e. The molecule has 0 spiro atoms. The minimum absolute atomic E-state index is 0.0782. The molecule has 1 aromatic carbocycles. The number of thioether (sulfide) groups is 1. The van der Waals surface area contributed by atoms with Gasteiger partial charge in [0, 0.05) is 13.0 Å². The summed E-state index contributed by atoms with van der Waals surface area (Å²) < 4.78 is 6.28. The van der Waals surface area contributed by atoms with Gasteiger partial charge in [0.15, 0.2) is 0 Å². The fraction of sp³-hybridized carbons (Fsp3) is 0.476. The molecule has 152 valence electrons. The number of aliphatic carboxylic acids is 1. The first kappa shape index (κ1) is 22.4. The van der Waals surface area contributed by atoms with Gasteiger partial charge in [-0.3, -0.25) is 14.5 Å². The van der Waals surface area contributed by atoms with Crippen molar-refractivity contribution in [2.75, 3.05) is 13.2 Å². The Hall–Kier alpha value is -1.86. The molecular formula is C21H27NO4S2. The van der Waals surface area contributed by atoms with E-state index in [1.54, 1.807) is 4.90 Å². The number of thiocarbonyl (C=S) groups is 1. The van der Waals surface area contributed by atoms with Gasteiger partial charge in [0.2, 0.25) is 0 Å². The number of benzene rings is 1. The summed E-state index contributed by atoms with van der Waals surface area (Å²) in [7, 11) is 0. The van der Waals surface area contributed by atoms with Crippen LogP contribution >= 0.6 is 24.0 Å². The molecule has 1 amide bonds. The van der Waals surface area contributed by atoms with Crippen molar-refractivity contribution in [3.8, 4) is 5.75 Å². The van der Waals surface area contributed by atoms with E-state index in [0.29, 0.717) is 34.7 Å². The molecule has 1 aliphatic rings. The SMILES string of the molecule is CC(C)CCOc1ccc(/C=C2\SC(=S)N(CCCCCC(=O)O)C2=O)cc1. The first-order valence-corrected chi connectivity index (χ1v) is 10.8. The van der Waals surface area contributed by atoms with Gasteiger partial charge < -0.3 is 9.84 Å². The van der Waals surface area contributed by atoms with Crippen LogP contribution in [0.1, 0.15) is 51.5 Å². The number of amides is 1. The summed E-state index contributed by atoms with van der Waals surface area (Å²) in [5, 5.41) is 8.66. The van der Waals surface area contributed by atoms with Crippen LogP contribution in [0, 0.1) is 5.92 Å². The quantitative estimate of drug-likeness (QED) is 0.309. The van der Waals surface area contributed by atoms with Crippen molar-refractivity contribution >= 4 is 46.3 Å². The molecule has 2 rings (SSSR count). The van der Waals surface area contributed by atoms with Crippen LogP contribution in [0.5, 0.6) is 5.75 Å². The average Bonchev–Trinajstić information content (AvgIpc) is 2.89. The van der Waals surface area contributed by atoms with E-state index in [-0.39, 0.29) is 12.3 Å². The topological polar surface area (TPSA) is 66.8 Å². The maximum absolute atomic E-state index is 12.6. The lowest BCUT2D eigenvalue weighted by molar-refractivity contribution is -0.137. The number of carboxylic acid groups (broad SMARTS) is 1. The lowest BCUT2D eigenvalue weighted by Gasteiger charge is -2.13. The second-order valence-electron chi connectivity index (χ2n) is 7.14. The lowest BCUT2D eigenvalue weighted by atomic mass is 10.1. The molecule has 1 saturated heterocycles. The van der Waals surface area contributed by atoms with E-state index in [0.717, 1.165) is 30.6 Å². The summed E-state index contributed by atoms with van der Waals surface area (Å²) >= 11 is 6.64. The van der Waals surface area contributed by atoms with Crippen molar-refractivity contribution < 1.29 is 19.4 Å². The number of ether oxygens (including phenoxy) is 1. The van der Waals surface area contributed by atoms with Gasteiger partial charge in [-0.2, -0.15) is 0 Å². The van der Waals surface area contributed by atoms with Crippen LogP contribution in [0.15, 0.2) is 29.2 Å². The molecular weight excluding hydrogens is 394 g/mol. The molecule has 7 heteroatoms. The second-order valence-corrected chi connectivity index (χ2v) is 8.81. The Morgan fingerprint density at radius 2 is 1.96 bits per heavy atom. The first-order chi connectivity index (χ1) is 13.4. The fourth-order valence-corrected chi connectivity index (χ4v) is 3.95. The van der Waals surface area contributed by atoms with Gasteiger partial charge in [-0.05, 0) is 49.0 Å². The minimum atomic E-state index is -0.787. The van der Waals surface area contributed by atoms with Crippen molar-refractivity contribution in [1.82, 2.24) is 4.90 Å². The maximum Gasteiger partial charge on any atom is 0.303 e. The summed E-state index contributed by atoms with van der Waals surface area (Å²) in [4.78, 5) is 25.4. The number of unbranched alkanes of at least 4 members (excludes halogenated alkanes) is 2. The molecule has 0 unspecified atom stereocenters. The Bertz CT molecular complexity index is 728. The van der Waals surface area contributed by atoms with E-state index in [1.807, 2.05) is 30.3 Å². The molecule has 0 saturated carbocycles. The highest BCUT2D eigenvalue weighted by Crippen LogP contribution is 2.33. The predicted molar refractivity (Wildman–Crippen MR) is 117 cm³/mol. The average molecular weight is 422 g/mol. The van der Waals surface area contributed by atoms with E-state index in [4.69, 9.17) is 22.1 Å². The van der Waals surface area contributed by atoms with Crippen LogP contribution in [0.2, 0.25) is 0 Å². The van der Waals surface area contributed by atoms with Crippen LogP contribution in [0.4, 0.5) is 0 Å². The normalized spacial score (nSPS) is 15.7. The van der Waals surface area contributed by atoms with Crippen molar-refractivity contribution in [3.05, 3.63) is 34.7 Å². The molecule has 1 fully saturated rings. The number of nitrogens with zero attached hydrogens (tertiary/aromatic N) is 1. The van der Waals surface area contributed by atoms with Gasteiger partial charge in [-0.25, -0.2) is 0 Å². The Labute approximate surface area is 176 Å². The van der Waals surface area contributed by atoms with Crippen LogP contribution < -0.4 is 4.74 Å². The van der Waals surface area contributed by atoms with Crippen LogP contribution in [-0.2, 0) is 9.59 Å². The van der Waals surface area contributed by atoms with Crippen molar-refractivity contribution in [2.24, 2.45) is 5.92 Å². The highest BCUT2D eigenvalue weighted by molar-refractivity contribution is 8.26. The van der Waals surface area contributed by atoms with Crippen LogP contribution in [0.25, 0.3) is 6.08 Å². The molecule has 5 nitrogen and oxygen atoms in total. The molecule has 0 aromatic heterocycles. The molecule has 1 aliphatic heterocycles. The highest BCUT2D eigenvalue weighted by Gasteiger charge is 2.31. The summed E-state index contributed by atoms with van der Waals surface area (Å²) in [6, 6.07) is 7.69. The predicted octanol–water partition coefficient (Wildman–Crippen LogP) is 4.96. The zero-order chi connectivity index (χ0) is 20.5. The van der Waals surface area contributed by atoms with Gasteiger partial charge in [0.05, 0.1) is 11.5 Å². The number of carboxylic acids is 1. The van der Waals surface area contributed by atoms with Gasteiger partial charge in [-0.15, -0.1) is 0 Å². The van der Waals surface area contributed by atoms with E-state index in [2.05, 4.69) is 13.8 Å². The van der Waals surface area contributed by atoms with Gasteiger partial charge in [0.1, 0.15) is 10.1 Å². The van der Waals surface area contributed by atoms with E-state index >= 15 is 0 Å². The largest absolute Gasteiger partial charge is 0.494 e. The van der Waals surface area contributed by atoms with Gasteiger partial charge in [-0.1, -0.05) is 56.4 Å². The number of hydrogen-bond acceptors (Lipinski definition) is 5. The molecule has 0 aliphatic carbocycles. The molecule has 1 heterocycles. The van der Waals surface area contributed by atoms with Crippen molar-refractivity contribution in [2.45, 2.75) is 46.0 Å². The zero-order valence-electron chi connectivity index (χ0n) is 16.3. The van der Waals surface area contributed by atoms with E-state index < -0.39 is 5.97 Å². The Morgan fingerprint density at radius 3 is 2.61 bits per heavy atom. The smallest absolute Gasteiger partial charge is 0.303 e. The fourth-order valence-electron chi connectivity index (χ4n) is 2.64. The third-order valence-electron chi connectivity index (χ3n) is 4.29. The Kier molecular flexibility index (Phi) is 8.99. The summed E-state index contributed by atoms with van der Waals surface area (Å²) in [6.45, 7) is 5.56. The van der Waals surface area contributed by atoms with E-state index in [9.17, 15) is 9.59 Å². The number of carbonyl (C=O) groups is 2. The standard InChI is InChI=1S/C21H27NO4S2/c1-15(2)11-13-26-17-9-7-16(8-10-17)14-18-20(25)22(21(27)28-18)12-5-3-4-6-19(23)24/h7-10,14-15H,3-6,11-13H2,1-2H3,(H,23,24)/b18-14-. The molecule has 0 atom stereocenters. The molecule has 0 radical (unpaired) electrons. The molecule has 1 N–H and O–H groups in total. The van der Waals surface area contributed by atoms with Crippen molar-refractivity contribution in [3.63, 3.8) is 0 Å². The summed E-state index contributed by atoms with van der Waals surface area (Å²) in [5.74, 6) is 0.570. The Morgan fingerprint density at radius 1 is 1.25 bits per heavy atom. The molecule has 1 aromatic rings. The number of rotatable bonds is 11. The second kappa shape index (κ2) is 11.2. The first-order valence-electron chi connectivity index (χ1n) is 9.57. The van der Waals surface area contributed by atoms with Crippen LogP contribution in [0.3, 0.4) is 0 Å².